The van der Waals surface area contributed by atoms with E-state index in [-0.39, 0.29) is 5.92 Å². The first-order valence-corrected chi connectivity index (χ1v) is 9.66. The van der Waals surface area contributed by atoms with Gasteiger partial charge in [0.25, 0.3) is 0 Å². The third kappa shape index (κ3) is 3.62. The van der Waals surface area contributed by atoms with Gasteiger partial charge in [-0.15, -0.1) is 0 Å². The highest BCUT2D eigenvalue weighted by Gasteiger charge is 2.34. The molecule has 1 aromatic carbocycles. The van der Waals surface area contributed by atoms with Crippen molar-refractivity contribution in [3.63, 3.8) is 0 Å². The number of pyridine rings is 1. The average molecular weight is 385 g/mol. The fourth-order valence-electron chi connectivity index (χ4n) is 3.83. The van der Waals surface area contributed by atoms with E-state index in [1.165, 1.54) is 0 Å². The van der Waals surface area contributed by atoms with Crippen LogP contribution in [-0.4, -0.2) is 45.9 Å². The number of rotatable bonds is 4. The molecule has 3 heterocycles. The summed E-state index contributed by atoms with van der Waals surface area (Å²) in [7, 11) is 0. The molecule has 0 aliphatic carbocycles. The van der Waals surface area contributed by atoms with E-state index in [1.54, 1.807) is 12.4 Å². The van der Waals surface area contributed by atoms with Crippen LogP contribution >= 0.6 is 11.6 Å². The van der Waals surface area contributed by atoms with Crippen LogP contribution in [0.3, 0.4) is 0 Å². The minimum atomic E-state index is -0.919. The lowest BCUT2D eigenvalue weighted by Crippen LogP contribution is -2.40. The molecule has 1 fully saturated rings. The van der Waals surface area contributed by atoms with Crippen LogP contribution in [0.2, 0.25) is 5.02 Å². The van der Waals surface area contributed by atoms with Gasteiger partial charge in [-0.2, -0.15) is 5.10 Å². The standard InChI is InChI=1S/C21H22ClFN4/c1-2-27-12-9-17(18(23)13-27)21-19(14-7-10-24-11-8-14)20(25-26-21)15-3-5-16(22)6-4-15/h3-8,10-11,17-18H,2,9,12-13H2,1H3,(H,25,26). The molecule has 27 heavy (non-hydrogen) atoms. The second kappa shape index (κ2) is 7.79. The third-order valence-corrected chi connectivity index (χ3v) is 5.58. The van der Waals surface area contributed by atoms with Crippen molar-refractivity contribution in [1.29, 1.82) is 0 Å². The molecule has 0 bridgehead atoms. The van der Waals surface area contributed by atoms with Gasteiger partial charge in [-0.05, 0) is 49.3 Å². The molecule has 6 heteroatoms. The Labute approximate surface area is 163 Å². The number of aromatic amines is 1. The number of hydrogen-bond acceptors (Lipinski definition) is 3. The predicted molar refractivity (Wildman–Crippen MR) is 107 cm³/mol. The maximum absolute atomic E-state index is 15.0. The maximum atomic E-state index is 15.0. The smallest absolute Gasteiger partial charge is 0.121 e. The zero-order chi connectivity index (χ0) is 18.8. The van der Waals surface area contributed by atoms with Crippen LogP contribution in [0.4, 0.5) is 4.39 Å². The van der Waals surface area contributed by atoms with Crippen LogP contribution in [0.1, 0.15) is 25.0 Å². The monoisotopic (exact) mass is 384 g/mol. The molecular formula is C21H22ClFN4. The molecule has 0 saturated carbocycles. The summed E-state index contributed by atoms with van der Waals surface area (Å²) in [6, 6.07) is 11.5. The first kappa shape index (κ1) is 18.1. The Morgan fingerprint density at radius 2 is 1.89 bits per heavy atom. The lowest BCUT2D eigenvalue weighted by Gasteiger charge is -2.33. The number of H-pyrrole nitrogens is 1. The SMILES string of the molecule is CCN1CCC(c2[nH]nc(-c3ccc(Cl)cc3)c2-c2ccncc2)C(F)C1. The molecule has 2 aromatic heterocycles. The number of benzene rings is 1. The van der Waals surface area contributed by atoms with Crippen LogP contribution in [0.15, 0.2) is 48.8 Å². The van der Waals surface area contributed by atoms with Crippen LogP contribution in [-0.2, 0) is 0 Å². The van der Waals surface area contributed by atoms with Crippen LogP contribution in [0.25, 0.3) is 22.4 Å². The molecule has 3 aromatic rings. The lowest BCUT2D eigenvalue weighted by atomic mass is 9.86. The van der Waals surface area contributed by atoms with Crippen molar-refractivity contribution < 1.29 is 4.39 Å². The van der Waals surface area contributed by atoms with Gasteiger partial charge in [0.05, 0.1) is 0 Å². The van der Waals surface area contributed by atoms with Crippen molar-refractivity contribution in [3.8, 4) is 22.4 Å². The van der Waals surface area contributed by atoms with Gasteiger partial charge in [0.1, 0.15) is 11.9 Å². The van der Waals surface area contributed by atoms with E-state index in [0.717, 1.165) is 47.6 Å². The van der Waals surface area contributed by atoms with Crippen LogP contribution < -0.4 is 0 Å². The van der Waals surface area contributed by atoms with Crippen molar-refractivity contribution in [3.05, 3.63) is 59.5 Å². The van der Waals surface area contributed by atoms with Gasteiger partial charge in [0.2, 0.25) is 0 Å². The van der Waals surface area contributed by atoms with Gasteiger partial charge < -0.3 is 4.90 Å². The van der Waals surface area contributed by atoms with Crippen molar-refractivity contribution in [1.82, 2.24) is 20.1 Å². The van der Waals surface area contributed by atoms with Gasteiger partial charge in [-0.3, -0.25) is 10.1 Å². The Kier molecular flexibility index (Phi) is 5.23. The normalized spacial score (nSPS) is 20.7. The summed E-state index contributed by atoms with van der Waals surface area (Å²) in [5.74, 6) is -0.190. The molecule has 1 aliphatic heterocycles. The van der Waals surface area contributed by atoms with Gasteiger partial charge in [0, 0.05) is 46.7 Å². The second-order valence-corrected chi connectivity index (χ2v) is 7.34. The molecule has 1 aliphatic rings. The van der Waals surface area contributed by atoms with E-state index >= 15 is 4.39 Å². The molecule has 2 atom stereocenters. The quantitative estimate of drug-likeness (QED) is 0.693. The van der Waals surface area contributed by atoms with E-state index in [1.807, 2.05) is 36.4 Å². The first-order chi connectivity index (χ1) is 13.2. The highest BCUT2D eigenvalue weighted by molar-refractivity contribution is 6.30. The fraction of sp³-hybridized carbons (Fsp3) is 0.333. The van der Waals surface area contributed by atoms with E-state index in [0.29, 0.717) is 11.6 Å². The Morgan fingerprint density at radius 3 is 2.56 bits per heavy atom. The Balaban J connectivity index is 1.80. The van der Waals surface area contributed by atoms with Crippen molar-refractivity contribution >= 4 is 11.6 Å². The molecule has 0 spiro atoms. The van der Waals surface area contributed by atoms with E-state index in [4.69, 9.17) is 11.6 Å². The summed E-state index contributed by atoms with van der Waals surface area (Å²) in [5, 5.41) is 8.41. The zero-order valence-corrected chi connectivity index (χ0v) is 16.0. The highest BCUT2D eigenvalue weighted by atomic mass is 35.5. The topological polar surface area (TPSA) is 44.8 Å². The maximum Gasteiger partial charge on any atom is 0.121 e. The van der Waals surface area contributed by atoms with Gasteiger partial charge in [-0.25, -0.2) is 4.39 Å². The molecule has 0 amide bonds. The zero-order valence-electron chi connectivity index (χ0n) is 15.2. The van der Waals surface area contributed by atoms with E-state index in [2.05, 4.69) is 27.0 Å². The highest BCUT2D eigenvalue weighted by Crippen LogP contribution is 2.40. The van der Waals surface area contributed by atoms with Crippen molar-refractivity contribution in [2.24, 2.45) is 0 Å². The number of hydrogen-bond donors (Lipinski definition) is 1. The molecule has 1 saturated heterocycles. The van der Waals surface area contributed by atoms with Gasteiger partial charge >= 0.3 is 0 Å². The average Bonchev–Trinajstić information content (AvgIpc) is 3.14. The predicted octanol–water partition coefficient (Wildman–Crippen LogP) is 4.94. The van der Waals surface area contributed by atoms with E-state index < -0.39 is 6.17 Å². The summed E-state index contributed by atoms with van der Waals surface area (Å²) in [5.41, 5.74) is 4.59. The molecule has 4 nitrogen and oxygen atoms in total. The number of nitrogens with zero attached hydrogens (tertiary/aromatic N) is 3. The second-order valence-electron chi connectivity index (χ2n) is 6.91. The summed E-state index contributed by atoms with van der Waals surface area (Å²) < 4.78 is 15.0. The van der Waals surface area contributed by atoms with Crippen LogP contribution in [0.5, 0.6) is 0 Å². The number of halogens is 2. The molecule has 2 unspecified atom stereocenters. The fourth-order valence-corrected chi connectivity index (χ4v) is 3.96. The number of alkyl halides is 1. The lowest BCUT2D eigenvalue weighted by molar-refractivity contribution is 0.121. The largest absolute Gasteiger partial charge is 0.301 e. The van der Waals surface area contributed by atoms with Crippen LogP contribution in [0, 0.1) is 0 Å². The minimum absolute atomic E-state index is 0.190. The first-order valence-electron chi connectivity index (χ1n) is 9.28. The summed E-state index contributed by atoms with van der Waals surface area (Å²) in [6.45, 7) is 4.31. The molecule has 4 rings (SSSR count). The van der Waals surface area contributed by atoms with Crippen molar-refractivity contribution in [2.45, 2.75) is 25.4 Å². The Hall–Kier alpha value is -2.24. The minimum Gasteiger partial charge on any atom is -0.301 e. The number of likely N-dealkylation sites (tertiary alicyclic amines) is 1. The number of aromatic nitrogens is 3. The number of nitrogens with one attached hydrogen (secondary N) is 1. The van der Waals surface area contributed by atoms with Gasteiger partial charge in [-0.1, -0.05) is 30.7 Å². The Morgan fingerprint density at radius 1 is 1.15 bits per heavy atom. The molecular weight excluding hydrogens is 363 g/mol. The number of piperidine rings is 1. The molecule has 140 valence electrons. The third-order valence-electron chi connectivity index (χ3n) is 5.32. The molecule has 0 radical (unpaired) electrons. The molecule has 1 N–H and O–H groups in total. The Bertz CT molecular complexity index is 894. The van der Waals surface area contributed by atoms with Gasteiger partial charge in [0.15, 0.2) is 0 Å². The summed E-state index contributed by atoms with van der Waals surface area (Å²) in [6.07, 6.45) is 3.36. The van der Waals surface area contributed by atoms with Crippen molar-refractivity contribution in [2.75, 3.05) is 19.6 Å². The summed E-state index contributed by atoms with van der Waals surface area (Å²) >= 11 is 6.04. The summed E-state index contributed by atoms with van der Waals surface area (Å²) in [4.78, 5) is 6.28. The van der Waals surface area contributed by atoms with E-state index in [9.17, 15) is 0 Å².